The summed E-state index contributed by atoms with van der Waals surface area (Å²) < 4.78 is 1.57. The molecule has 72 valence electrons. The average molecular weight is 202 g/mol. The zero-order valence-corrected chi connectivity index (χ0v) is 8.59. The van der Waals surface area contributed by atoms with Crippen LogP contribution >= 0.6 is 11.6 Å². The molecule has 0 radical (unpaired) electrons. The minimum atomic E-state index is -0.576. The van der Waals surface area contributed by atoms with E-state index in [0.29, 0.717) is 5.82 Å². The minimum Gasteiger partial charge on any atom is -0.383 e. The molecule has 0 atom stereocenters. The quantitative estimate of drug-likeness (QED) is 0.703. The van der Waals surface area contributed by atoms with E-state index < -0.39 is 5.24 Å². The number of anilines is 1. The molecule has 0 aliphatic heterocycles. The van der Waals surface area contributed by atoms with Crippen LogP contribution in [-0.4, -0.2) is 15.0 Å². The Morgan fingerprint density at radius 3 is 2.38 bits per heavy atom. The highest BCUT2D eigenvalue weighted by atomic mass is 35.5. The van der Waals surface area contributed by atoms with Gasteiger partial charge in [-0.1, -0.05) is 0 Å². The summed E-state index contributed by atoms with van der Waals surface area (Å²) in [7, 11) is 0. The second-order valence-corrected chi connectivity index (χ2v) is 4.14. The first-order valence-corrected chi connectivity index (χ1v) is 4.25. The number of hydrogen-bond acceptors (Lipinski definition) is 3. The molecule has 1 aromatic heterocycles. The molecule has 1 rings (SSSR count). The van der Waals surface area contributed by atoms with Crippen LogP contribution in [0.3, 0.4) is 0 Å². The van der Waals surface area contributed by atoms with Crippen LogP contribution in [0.2, 0.25) is 0 Å². The summed E-state index contributed by atoms with van der Waals surface area (Å²) >= 11 is 5.30. The number of carbonyl (C=O) groups excluding carboxylic acids is 1. The normalized spacial score (nSPS) is 11.7. The summed E-state index contributed by atoms with van der Waals surface area (Å²) in [4.78, 5) is 10.8. The average Bonchev–Trinajstić information content (AvgIpc) is 2.28. The summed E-state index contributed by atoms with van der Waals surface area (Å²) in [5, 5.41) is 3.42. The van der Waals surface area contributed by atoms with Gasteiger partial charge in [0.2, 0.25) is 0 Å². The van der Waals surface area contributed by atoms with Crippen molar-refractivity contribution in [3.05, 3.63) is 11.8 Å². The van der Waals surface area contributed by atoms with Crippen LogP contribution in [0.25, 0.3) is 0 Å². The Morgan fingerprint density at radius 2 is 2.15 bits per heavy atom. The lowest BCUT2D eigenvalue weighted by atomic mass is 10.1. The topological polar surface area (TPSA) is 60.9 Å². The molecule has 13 heavy (non-hydrogen) atoms. The molecule has 0 aromatic carbocycles. The van der Waals surface area contributed by atoms with Gasteiger partial charge in [0.05, 0.1) is 17.3 Å². The standard InChI is InChI=1S/C8H12ClN3O/c1-8(2,3)12-7(10)5(4-11-12)6(9)13/h4H,10H2,1-3H3. The largest absolute Gasteiger partial charge is 0.383 e. The lowest BCUT2D eigenvalue weighted by Gasteiger charge is -2.20. The van der Waals surface area contributed by atoms with Gasteiger partial charge < -0.3 is 5.73 Å². The number of halogens is 1. The SMILES string of the molecule is CC(C)(C)n1ncc(C(=O)Cl)c1N. The van der Waals surface area contributed by atoms with E-state index in [-0.39, 0.29) is 11.1 Å². The molecule has 0 fully saturated rings. The lowest BCUT2D eigenvalue weighted by molar-refractivity contribution is 0.108. The van der Waals surface area contributed by atoms with Crippen molar-refractivity contribution in [1.82, 2.24) is 9.78 Å². The van der Waals surface area contributed by atoms with E-state index in [1.165, 1.54) is 6.20 Å². The maximum atomic E-state index is 10.8. The van der Waals surface area contributed by atoms with Crippen molar-refractivity contribution in [2.45, 2.75) is 26.3 Å². The fourth-order valence-corrected chi connectivity index (χ4v) is 1.19. The third-order valence-electron chi connectivity index (χ3n) is 1.65. The van der Waals surface area contributed by atoms with Crippen LogP contribution in [0.15, 0.2) is 6.20 Å². The maximum absolute atomic E-state index is 10.8. The number of carbonyl (C=O) groups is 1. The van der Waals surface area contributed by atoms with Crippen molar-refractivity contribution in [2.24, 2.45) is 0 Å². The fraction of sp³-hybridized carbons (Fsp3) is 0.500. The Labute approximate surface area is 81.7 Å². The number of nitrogens with zero attached hydrogens (tertiary/aromatic N) is 2. The summed E-state index contributed by atoms with van der Waals surface area (Å²) in [6, 6.07) is 0. The molecule has 0 saturated carbocycles. The van der Waals surface area contributed by atoms with Crippen molar-refractivity contribution in [1.29, 1.82) is 0 Å². The molecule has 1 aromatic rings. The zero-order chi connectivity index (χ0) is 10.2. The summed E-state index contributed by atoms with van der Waals surface area (Å²) in [6.45, 7) is 5.83. The Kier molecular flexibility index (Phi) is 2.34. The smallest absolute Gasteiger partial charge is 0.257 e. The highest BCUT2D eigenvalue weighted by Gasteiger charge is 2.21. The van der Waals surface area contributed by atoms with Gasteiger partial charge in [-0.25, -0.2) is 4.68 Å². The van der Waals surface area contributed by atoms with Crippen LogP contribution in [-0.2, 0) is 5.54 Å². The third-order valence-corrected chi connectivity index (χ3v) is 1.86. The Morgan fingerprint density at radius 1 is 1.62 bits per heavy atom. The van der Waals surface area contributed by atoms with Gasteiger partial charge in [-0.05, 0) is 32.4 Å². The molecule has 0 saturated heterocycles. The van der Waals surface area contributed by atoms with Gasteiger partial charge in [-0.15, -0.1) is 0 Å². The monoisotopic (exact) mass is 201 g/mol. The van der Waals surface area contributed by atoms with Gasteiger partial charge in [0.25, 0.3) is 5.24 Å². The van der Waals surface area contributed by atoms with Crippen LogP contribution in [0.4, 0.5) is 5.82 Å². The van der Waals surface area contributed by atoms with Gasteiger partial charge in [-0.3, -0.25) is 4.79 Å². The second kappa shape index (κ2) is 3.03. The van der Waals surface area contributed by atoms with Crippen molar-refractivity contribution >= 4 is 22.7 Å². The highest BCUT2D eigenvalue weighted by molar-refractivity contribution is 6.68. The van der Waals surface area contributed by atoms with Crippen LogP contribution in [0, 0.1) is 0 Å². The van der Waals surface area contributed by atoms with E-state index in [4.69, 9.17) is 17.3 Å². The van der Waals surface area contributed by atoms with Gasteiger partial charge >= 0.3 is 0 Å². The van der Waals surface area contributed by atoms with Gasteiger partial charge in [0.1, 0.15) is 5.82 Å². The fourth-order valence-electron chi connectivity index (χ4n) is 1.04. The number of nitrogens with two attached hydrogens (primary N) is 1. The predicted octanol–water partition coefficient (Wildman–Crippen LogP) is 1.60. The lowest BCUT2D eigenvalue weighted by Crippen LogP contribution is -2.24. The van der Waals surface area contributed by atoms with Crippen molar-refractivity contribution in [3.8, 4) is 0 Å². The van der Waals surface area contributed by atoms with E-state index in [9.17, 15) is 4.79 Å². The summed E-state index contributed by atoms with van der Waals surface area (Å²) in [5.74, 6) is 0.313. The first kappa shape index (κ1) is 10.1. The number of rotatable bonds is 1. The van der Waals surface area contributed by atoms with E-state index in [1.807, 2.05) is 20.8 Å². The van der Waals surface area contributed by atoms with Crippen LogP contribution in [0.5, 0.6) is 0 Å². The first-order valence-electron chi connectivity index (χ1n) is 3.88. The molecule has 0 spiro atoms. The van der Waals surface area contributed by atoms with E-state index in [1.54, 1.807) is 4.68 Å². The molecule has 5 heteroatoms. The molecule has 0 unspecified atom stereocenters. The Bertz CT molecular complexity index is 338. The highest BCUT2D eigenvalue weighted by Crippen LogP contribution is 2.21. The van der Waals surface area contributed by atoms with Gasteiger partial charge in [0, 0.05) is 0 Å². The second-order valence-electron chi connectivity index (χ2n) is 3.80. The summed E-state index contributed by atoms with van der Waals surface area (Å²) in [6.07, 6.45) is 1.38. The number of hydrogen-bond donors (Lipinski definition) is 1. The molecule has 4 nitrogen and oxygen atoms in total. The van der Waals surface area contributed by atoms with E-state index in [0.717, 1.165) is 0 Å². The van der Waals surface area contributed by atoms with Crippen LogP contribution < -0.4 is 5.73 Å². The maximum Gasteiger partial charge on any atom is 0.257 e. The Balaban J connectivity index is 3.22. The van der Waals surface area contributed by atoms with Crippen LogP contribution in [0.1, 0.15) is 31.1 Å². The molecule has 0 aliphatic carbocycles. The molecule has 0 amide bonds. The number of aromatic nitrogens is 2. The number of nitrogen functional groups attached to an aromatic ring is 1. The molecular weight excluding hydrogens is 190 g/mol. The summed E-state index contributed by atoms with van der Waals surface area (Å²) in [5.41, 5.74) is 5.70. The molecule has 0 bridgehead atoms. The Hall–Kier alpha value is -1.03. The zero-order valence-electron chi connectivity index (χ0n) is 7.84. The first-order chi connectivity index (χ1) is 5.84. The minimum absolute atomic E-state index is 0.241. The molecule has 0 aliphatic rings. The van der Waals surface area contributed by atoms with E-state index >= 15 is 0 Å². The molecule has 1 heterocycles. The molecule has 2 N–H and O–H groups in total. The van der Waals surface area contributed by atoms with Gasteiger partial charge in [-0.2, -0.15) is 5.10 Å². The van der Waals surface area contributed by atoms with E-state index in [2.05, 4.69) is 5.10 Å². The van der Waals surface area contributed by atoms with Crippen molar-refractivity contribution in [2.75, 3.05) is 5.73 Å². The van der Waals surface area contributed by atoms with Crippen molar-refractivity contribution < 1.29 is 4.79 Å². The predicted molar refractivity (Wildman–Crippen MR) is 51.8 cm³/mol. The van der Waals surface area contributed by atoms with Gasteiger partial charge in [0.15, 0.2) is 0 Å². The van der Waals surface area contributed by atoms with Crippen molar-refractivity contribution in [3.63, 3.8) is 0 Å². The molecular formula is C8H12ClN3O. The third kappa shape index (κ3) is 1.83.